The highest BCUT2D eigenvalue weighted by molar-refractivity contribution is 5.57. The third-order valence-corrected chi connectivity index (χ3v) is 3.19. The number of halogens is 1. The predicted molar refractivity (Wildman–Crippen MR) is 66.5 cm³/mol. The molecular formula is C14H20FN. The topological polar surface area (TPSA) is 3.24 Å². The Morgan fingerprint density at radius 3 is 2.31 bits per heavy atom. The van der Waals surface area contributed by atoms with E-state index in [0.29, 0.717) is 0 Å². The molecule has 1 fully saturated rings. The molecule has 88 valence electrons. The van der Waals surface area contributed by atoms with Crippen LogP contribution in [0.1, 0.15) is 39.2 Å². The SMILES string of the molecule is CC(C)(C)c1c(F)cccc1N1CCCC1. The number of hydrogen-bond donors (Lipinski definition) is 0. The fourth-order valence-electron chi connectivity index (χ4n) is 2.48. The molecule has 0 unspecified atom stereocenters. The van der Waals surface area contributed by atoms with Gasteiger partial charge in [0.05, 0.1) is 0 Å². The van der Waals surface area contributed by atoms with Gasteiger partial charge in [-0.25, -0.2) is 4.39 Å². The molecule has 0 aromatic heterocycles. The van der Waals surface area contributed by atoms with Crippen molar-refractivity contribution < 1.29 is 4.39 Å². The fraction of sp³-hybridized carbons (Fsp3) is 0.571. The molecule has 1 aromatic carbocycles. The number of benzene rings is 1. The average Bonchev–Trinajstić information content (AvgIpc) is 2.67. The summed E-state index contributed by atoms with van der Waals surface area (Å²) in [7, 11) is 0. The predicted octanol–water partition coefficient (Wildman–Crippen LogP) is 3.72. The van der Waals surface area contributed by atoms with E-state index in [1.165, 1.54) is 12.8 Å². The summed E-state index contributed by atoms with van der Waals surface area (Å²) in [6.45, 7) is 8.35. The second-order valence-corrected chi connectivity index (χ2v) is 5.58. The van der Waals surface area contributed by atoms with Gasteiger partial charge < -0.3 is 4.90 Å². The molecule has 16 heavy (non-hydrogen) atoms. The van der Waals surface area contributed by atoms with Gasteiger partial charge in [-0.1, -0.05) is 26.8 Å². The van der Waals surface area contributed by atoms with Crippen molar-refractivity contribution in [1.82, 2.24) is 0 Å². The van der Waals surface area contributed by atoms with E-state index in [4.69, 9.17) is 0 Å². The quantitative estimate of drug-likeness (QED) is 0.698. The van der Waals surface area contributed by atoms with E-state index in [9.17, 15) is 4.39 Å². The molecule has 0 amide bonds. The van der Waals surface area contributed by atoms with Crippen LogP contribution in [0, 0.1) is 5.82 Å². The zero-order valence-corrected chi connectivity index (χ0v) is 10.4. The lowest BCUT2D eigenvalue weighted by Crippen LogP contribution is -2.24. The van der Waals surface area contributed by atoms with Gasteiger partial charge in [0.2, 0.25) is 0 Å². The van der Waals surface area contributed by atoms with Gasteiger partial charge in [0.1, 0.15) is 5.82 Å². The van der Waals surface area contributed by atoms with E-state index in [-0.39, 0.29) is 11.2 Å². The van der Waals surface area contributed by atoms with Crippen LogP contribution >= 0.6 is 0 Å². The van der Waals surface area contributed by atoms with Crippen molar-refractivity contribution >= 4 is 5.69 Å². The van der Waals surface area contributed by atoms with Crippen molar-refractivity contribution in [2.75, 3.05) is 18.0 Å². The summed E-state index contributed by atoms with van der Waals surface area (Å²) in [6.07, 6.45) is 2.44. The molecule has 1 nitrogen and oxygen atoms in total. The van der Waals surface area contributed by atoms with Gasteiger partial charge in [-0.3, -0.25) is 0 Å². The first kappa shape index (κ1) is 11.4. The number of rotatable bonds is 1. The van der Waals surface area contributed by atoms with Crippen LogP contribution < -0.4 is 4.90 Å². The first-order valence-electron chi connectivity index (χ1n) is 6.04. The molecule has 2 rings (SSSR count). The van der Waals surface area contributed by atoms with Gasteiger partial charge in [0.15, 0.2) is 0 Å². The van der Waals surface area contributed by atoms with E-state index in [2.05, 4.69) is 31.7 Å². The lowest BCUT2D eigenvalue weighted by atomic mass is 9.85. The molecule has 0 atom stereocenters. The highest BCUT2D eigenvalue weighted by Crippen LogP contribution is 2.35. The third-order valence-electron chi connectivity index (χ3n) is 3.19. The van der Waals surface area contributed by atoms with Gasteiger partial charge >= 0.3 is 0 Å². The summed E-state index contributed by atoms with van der Waals surface area (Å²) < 4.78 is 14.0. The summed E-state index contributed by atoms with van der Waals surface area (Å²) in [4.78, 5) is 2.31. The Morgan fingerprint density at radius 2 is 1.75 bits per heavy atom. The van der Waals surface area contributed by atoms with Crippen molar-refractivity contribution in [2.45, 2.75) is 39.0 Å². The summed E-state index contributed by atoms with van der Waals surface area (Å²) in [5.74, 6) is -0.0723. The van der Waals surface area contributed by atoms with Crippen LogP contribution in [-0.4, -0.2) is 13.1 Å². The molecule has 2 heteroatoms. The minimum absolute atomic E-state index is 0.0723. The Labute approximate surface area is 97.3 Å². The first-order valence-corrected chi connectivity index (χ1v) is 6.04. The maximum Gasteiger partial charge on any atom is 0.129 e. The Kier molecular flexibility index (Phi) is 2.92. The highest BCUT2D eigenvalue weighted by atomic mass is 19.1. The van der Waals surface area contributed by atoms with Crippen molar-refractivity contribution in [2.24, 2.45) is 0 Å². The highest BCUT2D eigenvalue weighted by Gasteiger charge is 2.25. The summed E-state index contributed by atoms with van der Waals surface area (Å²) in [6, 6.07) is 5.44. The maximum absolute atomic E-state index is 14.0. The first-order chi connectivity index (χ1) is 7.50. The standard InChI is InChI=1S/C14H20FN/c1-14(2,3)13-11(15)7-6-8-12(13)16-9-4-5-10-16/h6-8H,4-5,9-10H2,1-3H3. The zero-order valence-electron chi connectivity index (χ0n) is 10.4. The minimum atomic E-state index is -0.136. The molecule has 1 saturated heterocycles. The van der Waals surface area contributed by atoms with E-state index in [1.54, 1.807) is 6.07 Å². The minimum Gasteiger partial charge on any atom is -0.371 e. The molecule has 1 aromatic rings. The van der Waals surface area contributed by atoms with Crippen LogP contribution in [0.2, 0.25) is 0 Å². The van der Waals surface area contributed by atoms with Crippen molar-refractivity contribution in [3.63, 3.8) is 0 Å². The van der Waals surface area contributed by atoms with Crippen LogP contribution in [0.4, 0.5) is 10.1 Å². The molecule has 0 radical (unpaired) electrons. The molecule has 1 heterocycles. The normalized spacial score (nSPS) is 16.9. The van der Waals surface area contributed by atoms with E-state index < -0.39 is 0 Å². The molecule has 1 aliphatic rings. The lowest BCUT2D eigenvalue weighted by molar-refractivity contribution is 0.522. The molecule has 0 N–H and O–H groups in total. The smallest absolute Gasteiger partial charge is 0.129 e. The maximum atomic E-state index is 14.0. The monoisotopic (exact) mass is 221 g/mol. The van der Waals surface area contributed by atoms with Gasteiger partial charge in [-0.2, -0.15) is 0 Å². The van der Waals surface area contributed by atoms with Crippen LogP contribution in [0.15, 0.2) is 18.2 Å². The molecule has 0 spiro atoms. The van der Waals surface area contributed by atoms with Gasteiger partial charge in [0.25, 0.3) is 0 Å². The molecule has 0 bridgehead atoms. The van der Waals surface area contributed by atoms with Crippen LogP contribution in [0.5, 0.6) is 0 Å². The fourth-order valence-corrected chi connectivity index (χ4v) is 2.48. The van der Waals surface area contributed by atoms with Gasteiger partial charge in [0, 0.05) is 24.3 Å². The average molecular weight is 221 g/mol. The number of hydrogen-bond acceptors (Lipinski definition) is 1. The summed E-state index contributed by atoms with van der Waals surface area (Å²) in [5.41, 5.74) is 1.81. The molecule has 0 aliphatic carbocycles. The number of nitrogens with zero attached hydrogens (tertiary/aromatic N) is 1. The Morgan fingerprint density at radius 1 is 1.12 bits per heavy atom. The van der Waals surface area contributed by atoms with E-state index in [1.807, 2.05) is 6.07 Å². The third kappa shape index (κ3) is 2.06. The lowest BCUT2D eigenvalue weighted by Gasteiger charge is -2.28. The second kappa shape index (κ2) is 4.08. The Hall–Kier alpha value is -1.05. The van der Waals surface area contributed by atoms with Crippen molar-refractivity contribution in [3.8, 4) is 0 Å². The zero-order chi connectivity index (χ0) is 11.8. The van der Waals surface area contributed by atoms with Crippen molar-refractivity contribution in [1.29, 1.82) is 0 Å². The van der Waals surface area contributed by atoms with Crippen molar-refractivity contribution in [3.05, 3.63) is 29.6 Å². The van der Waals surface area contributed by atoms with E-state index in [0.717, 1.165) is 24.3 Å². The van der Waals surface area contributed by atoms with Crippen LogP contribution in [-0.2, 0) is 5.41 Å². The van der Waals surface area contributed by atoms with Gasteiger partial charge in [-0.15, -0.1) is 0 Å². The van der Waals surface area contributed by atoms with Crippen LogP contribution in [0.25, 0.3) is 0 Å². The molecular weight excluding hydrogens is 201 g/mol. The Bertz CT molecular complexity index is 373. The van der Waals surface area contributed by atoms with E-state index >= 15 is 0 Å². The second-order valence-electron chi connectivity index (χ2n) is 5.58. The summed E-state index contributed by atoms with van der Waals surface area (Å²) >= 11 is 0. The molecule has 0 saturated carbocycles. The number of anilines is 1. The summed E-state index contributed by atoms with van der Waals surface area (Å²) in [5, 5.41) is 0. The molecule has 1 aliphatic heterocycles. The van der Waals surface area contributed by atoms with Gasteiger partial charge in [-0.05, 0) is 30.4 Å². The van der Waals surface area contributed by atoms with Crippen LogP contribution in [0.3, 0.4) is 0 Å². The largest absolute Gasteiger partial charge is 0.371 e. The Balaban J connectivity index is 2.47.